The standard InChI is InChI=1S/C44H57BrN6O4/c1-10-27-23(3)31-21-34-28(11-2)24(4)39(50-34)38(45)40-25(5)29(16-17-36(53)46-18-14-12-13-15-19-47-43(54)55-44(7,8)9)41(51-40)30-20-35(52)37-26(6)32(49-42(30)37)22-33(27)48-31/h21-22,25,29,49-50H,10-20H2,1-9H3,(H,46,53)(H,47,54)/t25-,29-/m0/s1. The van der Waals surface area contributed by atoms with Gasteiger partial charge in [0, 0.05) is 59.9 Å². The van der Waals surface area contributed by atoms with E-state index in [0.29, 0.717) is 25.9 Å². The predicted molar refractivity (Wildman–Crippen MR) is 224 cm³/mol. The van der Waals surface area contributed by atoms with Crippen molar-refractivity contribution in [2.45, 2.75) is 138 Å². The fourth-order valence-electron chi connectivity index (χ4n) is 8.46. The molecule has 3 aromatic heterocycles. The first-order valence-corrected chi connectivity index (χ1v) is 20.8. The Labute approximate surface area is 333 Å². The molecule has 2 aliphatic heterocycles. The number of ether oxygens (including phenoxy) is 1. The van der Waals surface area contributed by atoms with Gasteiger partial charge in [-0.15, -0.1) is 0 Å². The summed E-state index contributed by atoms with van der Waals surface area (Å²) < 4.78 is 6.20. The van der Waals surface area contributed by atoms with Crippen LogP contribution < -0.4 is 10.6 Å². The number of allylic oxidation sites excluding steroid dienone is 2. The number of aryl methyl sites for hydroxylation is 3. The zero-order valence-corrected chi connectivity index (χ0v) is 35.6. The zero-order valence-electron chi connectivity index (χ0n) is 34.0. The molecule has 1 aliphatic carbocycles. The van der Waals surface area contributed by atoms with Gasteiger partial charge in [0.25, 0.3) is 0 Å². The number of nitrogens with one attached hydrogen (secondary N) is 4. The molecule has 6 rings (SSSR count). The number of hydrogen-bond acceptors (Lipinski definition) is 6. The summed E-state index contributed by atoms with van der Waals surface area (Å²) in [6.07, 6.45) is 6.21. The largest absolute Gasteiger partial charge is 0.444 e. The maximum atomic E-state index is 13.7. The van der Waals surface area contributed by atoms with Gasteiger partial charge >= 0.3 is 6.09 Å². The third-order valence-electron chi connectivity index (χ3n) is 11.4. The first kappa shape index (κ1) is 40.4. The number of alkyl carbamates (subject to hydrolysis) is 1. The Bertz CT molecular complexity index is 2220. The molecule has 10 nitrogen and oxygen atoms in total. The second-order valence-electron chi connectivity index (χ2n) is 16.3. The maximum Gasteiger partial charge on any atom is 0.407 e. The fraction of sp³-hybridized carbons (Fsp3) is 0.523. The zero-order chi connectivity index (χ0) is 39.8. The van der Waals surface area contributed by atoms with Crippen molar-refractivity contribution in [3.8, 4) is 0 Å². The van der Waals surface area contributed by atoms with Crippen molar-refractivity contribution in [1.29, 1.82) is 0 Å². The van der Waals surface area contributed by atoms with Gasteiger partial charge in [0.15, 0.2) is 5.78 Å². The van der Waals surface area contributed by atoms with Crippen LogP contribution in [-0.4, -0.2) is 56.4 Å². The van der Waals surface area contributed by atoms with E-state index >= 15 is 0 Å². The maximum absolute atomic E-state index is 13.7. The summed E-state index contributed by atoms with van der Waals surface area (Å²) >= 11 is 4.01. The second kappa shape index (κ2) is 16.5. The summed E-state index contributed by atoms with van der Waals surface area (Å²) in [5, 5.41) is 5.92. The summed E-state index contributed by atoms with van der Waals surface area (Å²) in [7, 11) is 0. The average Bonchev–Trinajstić information content (AvgIpc) is 3.88. The highest BCUT2D eigenvalue weighted by Gasteiger charge is 2.37. The molecule has 3 aromatic rings. The van der Waals surface area contributed by atoms with E-state index in [1.54, 1.807) is 0 Å². The lowest BCUT2D eigenvalue weighted by Crippen LogP contribution is -2.33. The van der Waals surface area contributed by atoms with Gasteiger partial charge in [-0.25, -0.2) is 9.78 Å². The lowest BCUT2D eigenvalue weighted by Gasteiger charge is -2.19. The Morgan fingerprint density at radius 3 is 2.24 bits per heavy atom. The summed E-state index contributed by atoms with van der Waals surface area (Å²) in [4.78, 5) is 56.7. The molecular formula is C44H57BrN6O4. The van der Waals surface area contributed by atoms with Crippen LogP contribution in [0.2, 0.25) is 0 Å². The van der Waals surface area contributed by atoms with Gasteiger partial charge in [0.05, 0.1) is 38.3 Å². The van der Waals surface area contributed by atoms with Gasteiger partial charge < -0.3 is 25.3 Å². The van der Waals surface area contributed by atoms with Gasteiger partial charge in [-0.05, 0) is 130 Å². The minimum atomic E-state index is -0.509. The number of carbonyl (C=O) groups excluding carboxylic acids is 3. The summed E-state index contributed by atoms with van der Waals surface area (Å²) in [6, 6.07) is 4.27. The van der Waals surface area contributed by atoms with Gasteiger partial charge in [-0.3, -0.25) is 14.6 Å². The summed E-state index contributed by atoms with van der Waals surface area (Å²) in [5.74, 6) is 0.0678. The van der Waals surface area contributed by atoms with E-state index in [-0.39, 0.29) is 29.9 Å². The molecule has 0 aromatic carbocycles. The predicted octanol–water partition coefficient (Wildman–Crippen LogP) is 10.2. The molecule has 0 fully saturated rings. The van der Waals surface area contributed by atoms with E-state index in [0.717, 1.165) is 105 Å². The number of aromatic amines is 2. The highest BCUT2D eigenvalue weighted by atomic mass is 79.9. The number of aromatic nitrogens is 4. The van der Waals surface area contributed by atoms with Gasteiger partial charge in [-0.1, -0.05) is 33.6 Å². The molecule has 0 unspecified atom stereocenters. The van der Waals surface area contributed by atoms with Crippen LogP contribution in [0.1, 0.15) is 161 Å². The third kappa shape index (κ3) is 8.32. The molecule has 0 saturated heterocycles. The number of hydrogen-bond donors (Lipinski definition) is 4. The van der Waals surface area contributed by atoms with Crippen LogP contribution in [0.25, 0.3) is 33.2 Å². The Morgan fingerprint density at radius 2 is 1.56 bits per heavy atom. The number of Topliss-reactive ketones (excluding diaryl/α,β-unsaturated/α-hetero) is 1. The van der Waals surface area contributed by atoms with Crippen molar-refractivity contribution in [2.24, 2.45) is 0 Å². The Morgan fingerprint density at radius 1 is 0.891 bits per heavy atom. The lowest BCUT2D eigenvalue weighted by molar-refractivity contribution is -0.121. The van der Waals surface area contributed by atoms with E-state index in [2.05, 4.69) is 83.3 Å². The Kier molecular flexibility index (Phi) is 12.1. The number of fused-ring (bicyclic) bond motifs is 8. The molecule has 0 saturated carbocycles. The number of amides is 2. The minimum Gasteiger partial charge on any atom is -0.444 e. The summed E-state index contributed by atoms with van der Waals surface area (Å²) in [6.45, 7) is 19.6. The fourth-order valence-corrected chi connectivity index (χ4v) is 9.30. The van der Waals surface area contributed by atoms with Crippen LogP contribution in [-0.2, 0) is 22.4 Å². The smallest absolute Gasteiger partial charge is 0.407 e. The SMILES string of the molecule is CCC1=C(C)c2cc3[nH]c(c(C)c3CC)c(Br)c3nc(c4c5[nH]c(cc1n2)c(C)c5C(=O)C4)[C@@H](CCC(=O)NCCCCCCNC(=O)OC(C)(C)C)[C@@H]3C. The van der Waals surface area contributed by atoms with Crippen LogP contribution in [0, 0.1) is 13.8 Å². The topological polar surface area (TPSA) is 142 Å². The van der Waals surface area contributed by atoms with Gasteiger partial charge in [-0.2, -0.15) is 0 Å². The molecule has 8 bridgehead atoms. The second-order valence-corrected chi connectivity index (χ2v) is 17.1. The van der Waals surface area contributed by atoms with E-state index in [4.69, 9.17) is 14.7 Å². The molecule has 0 radical (unpaired) electrons. The van der Waals surface area contributed by atoms with Crippen LogP contribution in [0.3, 0.4) is 0 Å². The number of halogens is 1. The van der Waals surface area contributed by atoms with Crippen LogP contribution >= 0.6 is 15.9 Å². The first-order valence-electron chi connectivity index (χ1n) is 20.0. The van der Waals surface area contributed by atoms with E-state index < -0.39 is 11.7 Å². The van der Waals surface area contributed by atoms with Crippen molar-refractivity contribution in [1.82, 2.24) is 30.6 Å². The monoisotopic (exact) mass is 812 g/mol. The molecule has 3 aliphatic rings. The normalized spacial score (nSPS) is 16.6. The molecule has 2 amide bonds. The number of ketones is 1. The first-order chi connectivity index (χ1) is 26.1. The molecule has 55 heavy (non-hydrogen) atoms. The van der Waals surface area contributed by atoms with Crippen LogP contribution in [0.15, 0.2) is 16.6 Å². The number of H-pyrrole nitrogens is 2. The highest BCUT2D eigenvalue weighted by molar-refractivity contribution is 9.10. The quantitative estimate of drug-likeness (QED) is 0.134. The van der Waals surface area contributed by atoms with Crippen LogP contribution in [0.5, 0.6) is 0 Å². The molecular weight excluding hydrogens is 756 g/mol. The number of carbonyl (C=O) groups is 3. The van der Waals surface area contributed by atoms with Crippen LogP contribution in [0.4, 0.5) is 4.79 Å². The Balaban J connectivity index is 1.28. The minimum absolute atomic E-state index is 0.00401. The van der Waals surface area contributed by atoms with Crippen molar-refractivity contribution in [3.05, 3.63) is 67.2 Å². The molecule has 0 spiro atoms. The third-order valence-corrected chi connectivity index (χ3v) is 12.2. The highest BCUT2D eigenvalue weighted by Crippen LogP contribution is 2.47. The lowest BCUT2D eigenvalue weighted by atomic mass is 9.85. The number of unbranched alkanes of at least 4 members (excludes halogenated alkanes) is 3. The molecule has 11 heteroatoms. The van der Waals surface area contributed by atoms with E-state index in [1.165, 1.54) is 22.3 Å². The van der Waals surface area contributed by atoms with Gasteiger partial charge in [0.2, 0.25) is 5.91 Å². The molecule has 2 atom stereocenters. The number of rotatable bonds is 12. The molecule has 4 N–H and O–H groups in total. The van der Waals surface area contributed by atoms with Crippen molar-refractivity contribution < 1.29 is 19.1 Å². The molecule has 294 valence electrons. The van der Waals surface area contributed by atoms with Gasteiger partial charge in [0.1, 0.15) is 5.60 Å². The van der Waals surface area contributed by atoms with E-state index in [1.807, 2.05) is 27.7 Å². The van der Waals surface area contributed by atoms with Crippen molar-refractivity contribution in [2.75, 3.05) is 13.1 Å². The summed E-state index contributed by atoms with van der Waals surface area (Å²) in [5.41, 5.74) is 14.4. The van der Waals surface area contributed by atoms with E-state index in [9.17, 15) is 14.4 Å². The number of nitrogens with zero attached hydrogens (tertiary/aromatic N) is 2. The van der Waals surface area contributed by atoms with Crippen molar-refractivity contribution >= 4 is 66.9 Å². The Hall–Kier alpha value is -4.25. The molecule has 5 heterocycles. The average molecular weight is 814 g/mol. The van der Waals surface area contributed by atoms with Crippen molar-refractivity contribution in [3.63, 3.8) is 0 Å².